The minimum Gasteiger partial charge on any atom is -0.341 e. The maximum absolute atomic E-state index is 13.2. The van der Waals surface area contributed by atoms with Crippen molar-refractivity contribution < 1.29 is 18.0 Å². The summed E-state index contributed by atoms with van der Waals surface area (Å²) >= 11 is 0. The quantitative estimate of drug-likeness (QED) is 0.693. The van der Waals surface area contributed by atoms with Gasteiger partial charge in [-0.15, -0.1) is 0 Å². The summed E-state index contributed by atoms with van der Waals surface area (Å²) < 4.78 is 29.1. The number of rotatable bonds is 7. The summed E-state index contributed by atoms with van der Waals surface area (Å²) in [7, 11) is -3.86. The molecule has 2 aliphatic rings. The molecule has 31 heavy (non-hydrogen) atoms. The summed E-state index contributed by atoms with van der Waals surface area (Å²) in [5.74, 6) is 0.0878. The number of benzene rings is 1. The Kier molecular flexibility index (Phi) is 7.75. The molecule has 0 aromatic heterocycles. The van der Waals surface area contributed by atoms with Crippen LogP contribution in [0.1, 0.15) is 64.9 Å². The second kappa shape index (κ2) is 10.1. The largest absolute Gasteiger partial charge is 0.341 e. The van der Waals surface area contributed by atoms with E-state index < -0.39 is 16.1 Å². The van der Waals surface area contributed by atoms with E-state index in [1.807, 2.05) is 25.7 Å². The van der Waals surface area contributed by atoms with Crippen molar-refractivity contribution in [3.63, 3.8) is 0 Å². The lowest BCUT2D eigenvalue weighted by Crippen LogP contribution is -2.49. The number of amides is 2. The molecule has 0 saturated carbocycles. The Morgan fingerprint density at radius 2 is 1.74 bits per heavy atom. The molecule has 8 heteroatoms. The molecule has 0 aliphatic carbocycles. The third kappa shape index (κ3) is 5.66. The first-order valence-electron chi connectivity index (χ1n) is 11.5. The van der Waals surface area contributed by atoms with E-state index in [9.17, 15) is 18.0 Å². The maximum atomic E-state index is 13.2. The van der Waals surface area contributed by atoms with Crippen LogP contribution in [0.15, 0.2) is 23.1 Å². The van der Waals surface area contributed by atoms with Crippen molar-refractivity contribution in [1.82, 2.24) is 9.62 Å². The average molecular weight is 450 g/mol. The van der Waals surface area contributed by atoms with Gasteiger partial charge in [-0.3, -0.25) is 9.59 Å². The molecule has 1 aromatic rings. The predicted molar refractivity (Wildman–Crippen MR) is 121 cm³/mol. The molecule has 2 amide bonds. The van der Waals surface area contributed by atoms with Crippen molar-refractivity contribution >= 4 is 27.5 Å². The maximum Gasteiger partial charge on any atom is 0.241 e. The summed E-state index contributed by atoms with van der Waals surface area (Å²) in [6, 6.07) is 4.11. The average Bonchev–Trinajstić information content (AvgIpc) is 2.96. The number of anilines is 1. The van der Waals surface area contributed by atoms with E-state index in [4.69, 9.17) is 0 Å². The molecule has 1 aromatic carbocycles. The number of likely N-dealkylation sites (tertiary alicyclic amines) is 1. The van der Waals surface area contributed by atoms with Crippen molar-refractivity contribution in [3.05, 3.63) is 23.8 Å². The van der Waals surface area contributed by atoms with Crippen LogP contribution < -0.4 is 9.62 Å². The van der Waals surface area contributed by atoms with Crippen LogP contribution in [0.4, 0.5) is 5.69 Å². The second-order valence-corrected chi connectivity index (χ2v) is 10.7. The Morgan fingerprint density at radius 1 is 1.06 bits per heavy atom. The first-order valence-corrected chi connectivity index (χ1v) is 13.0. The molecule has 0 spiro atoms. The number of hydrogen-bond acceptors (Lipinski definition) is 4. The third-order valence-corrected chi connectivity index (χ3v) is 7.55. The van der Waals surface area contributed by atoms with Crippen LogP contribution in [0.2, 0.25) is 0 Å². The van der Waals surface area contributed by atoms with Crippen LogP contribution in [0.25, 0.3) is 0 Å². The van der Waals surface area contributed by atoms with Gasteiger partial charge in [0.25, 0.3) is 0 Å². The highest BCUT2D eigenvalue weighted by molar-refractivity contribution is 7.89. The van der Waals surface area contributed by atoms with Crippen LogP contribution >= 0.6 is 0 Å². The minimum atomic E-state index is -3.86. The smallest absolute Gasteiger partial charge is 0.241 e. The topological polar surface area (TPSA) is 86.8 Å². The lowest BCUT2D eigenvalue weighted by molar-refractivity contribution is -0.133. The van der Waals surface area contributed by atoms with Gasteiger partial charge in [-0.1, -0.05) is 33.6 Å². The lowest BCUT2D eigenvalue weighted by atomic mass is 10.0. The fraction of sp³-hybridized carbons (Fsp3) is 0.652. The standard InChI is InChI=1S/C23H35N3O4S/c1-4-22(27)26-14-11-18-16-19(9-10-21(18)26)31(29,30)24-20(15-17(2)3)23(28)25-12-7-5-6-8-13-25/h9-10,16-17,20,24H,4-8,11-15H2,1-3H3/t20-/m0/s1. The van der Waals surface area contributed by atoms with Crippen molar-refractivity contribution in [2.75, 3.05) is 24.5 Å². The fourth-order valence-corrected chi connectivity index (χ4v) is 5.69. The van der Waals surface area contributed by atoms with Crippen LogP contribution in [0.5, 0.6) is 0 Å². The molecule has 2 heterocycles. The number of sulfonamides is 1. The van der Waals surface area contributed by atoms with Gasteiger partial charge >= 0.3 is 0 Å². The molecule has 2 aliphatic heterocycles. The Bertz CT molecular complexity index is 905. The molecule has 1 atom stereocenters. The minimum absolute atomic E-state index is 0.0347. The fourth-order valence-electron chi connectivity index (χ4n) is 4.43. The van der Waals surface area contributed by atoms with E-state index in [1.165, 1.54) is 6.07 Å². The third-order valence-electron chi connectivity index (χ3n) is 6.08. The molecule has 0 unspecified atom stereocenters. The molecule has 1 N–H and O–H groups in total. The highest BCUT2D eigenvalue weighted by atomic mass is 32.2. The van der Waals surface area contributed by atoms with Gasteiger partial charge in [0.05, 0.1) is 4.90 Å². The number of fused-ring (bicyclic) bond motifs is 1. The summed E-state index contributed by atoms with van der Waals surface area (Å²) in [5, 5.41) is 0. The van der Waals surface area contributed by atoms with Gasteiger partial charge in [-0.05, 0) is 55.4 Å². The molecule has 3 rings (SSSR count). The molecule has 172 valence electrons. The van der Waals surface area contributed by atoms with Crippen molar-refractivity contribution in [2.45, 2.75) is 76.7 Å². The summed E-state index contributed by atoms with van der Waals surface area (Å²) in [6.45, 7) is 7.75. The zero-order valence-electron chi connectivity index (χ0n) is 18.9. The van der Waals surface area contributed by atoms with Crippen molar-refractivity contribution in [1.29, 1.82) is 0 Å². The zero-order chi connectivity index (χ0) is 22.6. The summed E-state index contributed by atoms with van der Waals surface area (Å²) in [5.41, 5.74) is 1.63. The van der Waals surface area contributed by atoms with E-state index in [2.05, 4.69) is 4.72 Å². The predicted octanol–water partition coefficient (Wildman–Crippen LogP) is 3.08. The normalized spacial score (nSPS) is 18.1. The monoisotopic (exact) mass is 449 g/mol. The molecular weight excluding hydrogens is 414 g/mol. The Labute approximate surface area is 186 Å². The van der Waals surface area contributed by atoms with Gasteiger partial charge in [0.2, 0.25) is 21.8 Å². The number of nitrogens with one attached hydrogen (secondary N) is 1. The summed E-state index contributed by atoms with van der Waals surface area (Å²) in [6.07, 6.45) is 5.64. The van der Waals surface area contributed by atoms with E-state index >= 15 is 0 Å². The van der Waals surface area contributed by atoms with Crippen LogP contribution in [0.3, 0.4) is 0 Å². The molecule has 0 radical (unpaired) electrons. The molecular formula is C23H35N3O4S. The van der Waals surface area contributed by atoms with Gasteiger partial charge in [-0.2, -0.15) is 4.72 Å². The number of carbonyl (C=O) groups is 2. The highest BCUT2D eigenvalue weighted by Crippen LogP contribution is 2.31. The van der Waals surface area contributed by atoms with Crippen molar-refractivity contribution in [3.8, 4) is 0 Å². The van der Waals surface area contributed by atoms with Gasteiger partial charge in [0.15, 0.2) is 0 Å². The Morgan fingerprint density at radius 3 is 2.35 bits per heavy atom. The van der Waals surface area contributed by atoms with E-state index in [0.717, 1.165) is 36.9 Å². The highest BCUT2D eigenvalue weighted by Gasteiger charge is 2.31. The summed E-state index contributed by atoms with van der Waals surface area (Å²) in [4.78, 5) is 29.0. The van der Waals surface area contributed by atoms with Gasteiger partial charge in [-0.25, -0.2) is 8.42 Å². The molecule has 0 bridgehead atoms. The SMILES string of the molecule is CCC(=O)N1CCc2cc(S(=O)(=O)N[C@@H](CC(C)C)C(=O)N3CCCCCC3)ccc21. The lowest BCUT2D eigenvalue weighted by Gasteiger charge is -2.27. The van der Waals surface area contributed by atoms with E-state index in [-0.39, 0.29) is 22.6 Å². The number of nitrogens with zero attached hydrogens (tertiary/aromatic N) is 2. The second-order valence-electron chi connectivity index (χ2n) is 8.98. The number of carbonyl (C=O) groups excluding carboxylic acids is 2. The number of hydrogen-bond donors (Lipinski definition) is 1. The molecule has 1 saturated heterocycles. The van der Waals surface area contributed by atoms with Gasteiger partial charge < -0.3 is 9.80 Å². The Hall–Kier alpha value is -1.93. The van der Waals surface area contributed by atoms with Crippen LogP contribution in [-0.2, 0) is 26.0 Å². The Balaban J connectivity index is 1.81. The van der Waals surface area contributed by atoms with Gasteiger partial charge in [0, 0.05) is 31.7 Å². The van der Waals surface area contributed by atoms with Crippen LogP contribution in [0, 0.1) is 5.92 Å². The molecule has 1 fully saturated rings. The van der Waals surface area contributed by atoms with Gasteiger partial charge in [0.1, 0.15) is 6.04 Å². The zero-order valence-corrected chi connectivity index (χ0v) is 19.7. The first-order chi connectivity index (χ1) is 14.7. The molecule has 7 nitrogen and oxygen atoms in total. The van der Waals surface area contributed by atoms with E-state index in [0.29, 0.717) is 38.9 Å². The first kappa shape index (κ1) is 23.7. The van der Waals surface area contributed by atoms with Crippen molar-refractivity contribution in [2.24, 2.45) is 5.92 Å². The van der Waals surface area contributed by atoms with Crippen LogP contribution in [-0.4, -0.2) is 50.8 Å². The van der Waals surface area contributed by atoms with E-state index in [1.54, 1.807) is 17.0 Å².